The number of likely N-dealkylation sites (N-methyl/N-ethyl adjacent to an activating group) is 1. The van der Waals surface area contributed by atoms with Crippen LogP contribution < -0.4 is 0 Å². The van der Waals surface area contributed by atoms with Gasteiger partial charge in [-0.05, 0) is 20.4 Å². The van der Waals surface area contributed by atoms with Crippen LogP contribution in [0.25, 0.3) is 0 Å². The highest BCUT2D eigenvalue weighted by Crippen LogP contribution is 2.17. The quantitative estimate of drug-likeness (QED) is 0.798. The summed E-state index contributed by atoms with van der Waals surface area (Å²) in [5.41, 5.74) is -0.901. The first-order valence-corrected chi connectivity index (χ1v) is 4.86. The van der Waals surface area contributed by atoms with E-state index in [0.29, 0.717) is 18.8 Å². The van der Waals surface area contributed by atoms with Crippen molar-refractivity contribution < 1.29 is 14.4 Å². The van der Waals surface area contributed by atoms with Gasteiger partial charge >= 0.3 is 5.97 Å². The molecule has 0 atom stereocenters. The van der Waals surface area contributed by atoms with Gasteiger partial charge in [-0.25, -0.2) is 0 Å². The summed E-state index contributed by atoms with van der Waals surface area (Å²) in [6, 6.07) is 1.74. The maximum absolute atomic E-state index is 11.1. The lowest BCUT2D eigenvalue weighted by Gasteiger charge is -2.33. The first-order valence-electron chi connectivity index (χ1n) is 4.86. The standard InChI is InChI=1S/C10H16N2O3/c1-4-12(10(2,3)9(13)14)7-8-5-6-11-15-8/h5-6H,4,7H2,1-3H3,(H,13,14). The summed E-state index contributed by atoms with van der Waals surface area (Å²) in [7, 11) is 0. The van der Waals surface area contributed by atoms with E-state index in [2.05, 4.69) is 5.16 Å². The number of aliphatic carboxylic acids is 1. The van der Waals surface area contributed by atoms with Crippen molar-refractivity contribution >= 4 is 5.97 Å². The summed E-state index contributed by atoms with van der Waals surface area (Å²) < 4.78 is 4.96. The fourth-order valence-corrected chi connectivity index (χ4v) is 1.35. The Hall–Kier alpha value is -1.36. The van der Waals surface area contributed by atoms with Crippen molar-refractivity contribution in [3.63, 3.8) is 0 Å². The van der Waals surface area contributed by atoms with Crippen LogP contribution in [0.2, 0.25) is 0 Å². The normalized spacial score (nSPS) is 12.0. The van der Waals surface area contributed by atoms with E-state index in [1.807, 2.05) is 11.8 Å². The maximum Gasteiger partial charge on any atom is 0.323 e. The van der Waals surface area contributed by atoms with Crippen LogP contribution in [0.5, 0.6) is 0 Å². The SMILES string of the molecule is CCN(Cc1ccno1)C(C)(C)C(=O)O. The van der Waals surface area contributed by atoms with E-state index < -0.39 is 11.5 Å². The highest BCUT2D eigenvalue weighted by molar-refractivity contribution is 5.77. The Balaban J connectivity index is 2.76. The molecule has 15 heavy (non-hydrogen) atoms. The van der Waals surface area contributed by atoms with Crippen LogP contribution in [0.1, 0.15) is 26.5 Å². The van der Waals surface area contributed by atoms with Crippen molar-refractivity contribution in [3.8, 4) is 0 Å². The summed E-state index contributed by atoms with van der Waals surface area (Å²) >= 11 is 0. The van der Waals surface area contributed by atoms with Crippen LogP contribution in [0, 0.1) is 0 Å². The monoisotopic (exact) mass is 212 g/mol. The van der Waals surface area contributed by atoms with Crippen LogP contribution in [-0.4, -0.2) is 33.2 Å². The number of hydrogen-bond donors (Lipinski definition) is 1. The maximum atomic E-state index is 11.1. The predicted octanol–water partition coefficient (Wildman–Crippen LogP) is 1.36. The van der Waals surface area contributed by atoms with Crippen LogP contribution in [-0.2, 0) is 11.3 Å². The fourth-order valence-electron chi connectivity index (χ4n) is 1.35. The van der Waals surface area contributed by atoms with Gasteiger partial charge in [-0.2, -0.15) is 0 Å². The first kappa shape index (κ1) is 11.7. The van der Waals surface area contributed by atoms with Crippen LogP contribution >= 0.6 is 0 Å². The number of nitrogens with zero attached hydrogens (tertiary/aromatic N) is 2. The molecule has 0 aliphatic heterocycles. The van der Waals surface area contributed by atoms with E-state index in [-0.39, 0.29) is 0 Å². The average molecular weight is 212 g/mol. The third kappa shape index (κ3) is 2.56. The number of hydrogen-bond acceptors (Lipinski definition) is 4. The topological polar surface area (TPSA) is 66.6 Å². The number of carbonyl (C=O) groups is 1. The molecule has 0 spiro atoms. The Labute approximate surface area is 88.7 Å². The molecule has 0 aromatic carbocycles. The van der Waals surface area contributed by atoms with Gasteiger partial charge in [0.1, 0.15) is 5.54 Å². The molecular weight excluding hydrogens is 196 g/mol. The summed E-state index contributed by atoms with van der Waals surface area (Å²) in [5.74, 6) is -0.171. The molecule has 1 N–H and O–H groups in total. The molecule has 5 nitrogen and oxygen atoms in total. The Morgan fingerprint density at radius 2 is 2.33 bits per heavy atom. The van der Waals surface area contributed by atoms with Crippen molar-refractivity contribution in [1.82, 2.24) is 10.1 Å². The Morgan fingerprint density at radius 3 is 2.73 bits per heavy atom. The largest absolute Gasteiger partial charge is 0.480 e. The zero-order chi connectivity index (χ0) is 11.5. The molecular formula is C10H16N2O3. The molecule has 0 saturated heterocycles. The van der Waals surface area contributed by atoms with Gasteiger partial charge < -0.3 is 9.63 Å². The van der Waals surface area contributed by atoms with Crippen molar-refractivity contribution in [2.75, 3.05) is 6.54 Å². The smallest absolute Gasteiger partial charge is 0.323 e. The van der Waals surface area contributed by atoms with Gasteiger partial charge in [0.15, 0.2) is 5.76 Å². The second kappa shape index (κ2) is 4.44. The first-order chi connectivity index (χ1) is 6.98. The minimum atomic E-state index is -0.901. The van der Waals surface area contributed by atoms with Crippen LogP contribution in [0.3, 0.4) is 0 Å². The highest BCUT2D eigenvalue weighted by Gasteiger charge is 2.33. The molecule has 1 aromatic heterocycles. The highest BCUT2D eigenvalue weighted by atomic mass is 16.5. The van der Waals surface area contributed by atoms with E-state index in [1.165, 1.54) is 0 Å². The molecule has 0 radical (unpaired) electrons. The molecule has 0 saturated carbocycles. The molecule has 0 amide bonds. The van der Waals surface area contributed by atoms with Gasteiger partial charge in [-0.1, -0.05) is 12.1 Å². The summed E-state index contributed by atoms with van der Waals surface area (Å²) in [6.07, 6.45) is 1.55. The van der Waals surface area contributed by atoms with Crippen LogP contribution in [0.15, 0.2) is 16.8 Å². The molecule has 1 heterocycles. The Bertz CT molecular complexity index is 319. The number of carboxylic acid groups (broad SMARTS) is 1. The van der Waals surface area contributed by atoms with E-state index in [1.54, 1.807) is 26.1 Å². The van der Waals surface area contributed by atoms with Gasteiger partial charge in [0, 0.05) is 6.07 Å². The van der Waals surface area contributed by atoms with E-state index in [0.717, 1.165) is 0 Å². The van der Waals surface area contributed by atoms with Crippen LogP contribution in [0.4, 0.5) is 0 Å². The van der Waals surface area contributed by atoms with E-state index in [4.69, 9.17) is 9.63 Å². The fraction of sp³-hybridized carbons (Fsp3) is 0.600. The Kier molecular flexibility index (Phi) is 3.47. The summed E-state index contributed by atoms with van der Waals surface area (Å²) in [5, 5.41) is 12.7. The molecule has 5 heteroatoms. The van der Waals surface area contributed by atoms with Crippen molar-refractivity contribution in [2.45, 2.75) is 32.9 Å². The zero-order valence-electron chi connectivity index (χ0n) is 9.23. The minimum absolute atomic E-state index is 0.454. The molecule has 1 rings (SSSR count). The molecule has 0 unspecified atom stereocenters. The molecule has 0 aliphatic rings. The predicted molar refractivity (Wildman–Crippen MR) is 54.3 cm³/mol. The molecule has 1 aromatic rings. The van der Waals surface area contributed by atoms with Gasteiger partial charge in [-0.3, -0.25) is 9.69 Å². The average Bonchev–Trinajstić information content (AvgIpc) is 2.65. The van der Waals surface area contributed by atoms with E-state index >= 15 is 0 Å². The number of rotatable bonds is 5. The van der Waals surface area contributed by atoms with Gasteiger partial charge in [0.25, 0.3) is 0 Å². The zero-order valence-corrected chi connectivity index (χ0v) is 9.23. The summed E-state index contributed by atoms with van der Waals surface area (Å²) in [4.78, 5) is 12.9. The number of aromatic nitrogens is 1. The number of carboxylic acids is 1. The molecule has 0 fully saturated rings. The van der Waals surface area contributed by atoms with Gasteiger partial charge in [0.05, 0.1) is 12.7 Å². The molecule has 0 bridgehead atoms. The Morgan fingerprint density at radius 1 is 1.67 bits per heavy atom. The van der Waals surface area contributed by atoms with Crippen molar-refractivity contribution in [1.29, 1.82) is 0 Å². The van der Waals surface area contributed by atoms with Crippen molar-refractivity contribution in [2.24, 2.45) is 0 Å². The van der Waals surface area contributed by atoms with Gasteiger partial charge in [0.2, 0.25) is 0 Å². The lowest BCUT2D eigenvalue weighted by atomic mass is 10.0. The third-order valence-corrected chi connectivity index (χ3v) is 2.53. The van der Waals surface area contributed by atoms with E-state index in [9.17, 15) is 4.79 Å². The van der Waals surface area contributed by atoms with Crippen molar-refractivity contribution in [3.05, 3.63) is 18.0 Å². The third-order valence-electron chi connectivity index (χ3n) is 2.53. The second-order valence-corrected chi connectivity index (χ2v) is 3.86. The lowest BCUT2D eigenvalue weighted by Crippen LogP contribution is -2.49. The molecule has 84 valence electrons. The second-order valence-electron chi connectivity index (χ2n) is 3.86. The molecule has 0 aliphatic carbocycles. The minimum Gasteiger partial charge on any atom is -0.480 e. The lowest BCUT2D eigenvalue weighted by molar-refractivity contribution is -0.149. The summed E-state index contributed by atoms with van der Waals surface area (Å²) in [6.45, 7) is 6.36. The van der Waals surface area contributed by atoms with Gasteiger partial charge in [-0.15, -0.1) is 0 Å².